The van der Waals surface area contributed by atoms with Gasteiger partial charge in [-0.15, -0.1) is 11.3 Å². The monoisotopic (exact) mass is 454 g/mol. The van der Waals surface area contributed by atoms with E-state index in [-0.39, 0.29) is 24.0 Å². The molecule has 0 saturated carbocycles. The van der Waals surface area contributed by atoms with Crippen molar-refractivity contribution in [1.29, 1.82) is 0 Å². The Kier molecular flexibility index (Phi) is 6.43. The van der Waals surface area contributed by atoms with Crippen LogP contribution in [-0.2, 0) is 11.2 Å². The summed E-state index contributed by atoms with van der Waals surface area (Å²) in [4.78, 5) is 44.7. The first-order chi connectivity index (χ1) is 15.0. The van der Waals surface area contributed by atoms with Gasteiger partial charge in [0.15, 0.2) is 10.9 Å². The van der Waals surface area contributed by atoms with Crippen molar-refractivity contribution in [3.05, 3.63) is 63.3 Å². The number of carbonyl (C=O) groups is 3. The predicted molar refractivity (Wildman–Crippen MR) is 123 cm³/mol. The number of piperazine rings is 1. The molecule has 0 atom stereocenters. The number of benzene rings is 1. The average Bonchev–Trinajstić information content (AvgIpc) is 3.46. The van der Waals surface area contributed by atoms with Crippen molar-refractivity contribution in [2.75, 3.05) is 36.4 Å². The highest BCUT2D eigenvalue weighted by molar-refractivity contribution is 7.14. The molecule has 0 bridgehead atoms. The minimum absolute atomic E-state index is 0.0348. The van der Waals surface area contributed by atoms with Crippen LogP contribution >= 0.6 is 22.7 Å². The van der Waals surface area contributed by atoms with Crippen LogP contribution in [-0.4, -0.2) is 53.7 Å². The number of hydrogen-bond acceptors (Lipinski definition) is 7. The summed E-state index contributed by atoms with van der Waals surface area (Å²) in [7, 11) is 0. The third-order valence-corrected chi connectivity index (χ3v) is 6.65. The fraction of sp³-hybridized carbons (Fsp3) is 0.273. The zero-order valence-corrected chi connectivity index (χ0v) is 18.7. The van der Waals surface area contributed by atoms with Gasteiger partial charge in [0.05, 0.1) is 17.7 Å². The Hall–Kier alpha value is -3.04. The molecule has 2 amide bonds. The molecule has 3 aromatic rings. The Labute approximate surface area is 188 Å². The molecule has 1 aromatic carbocycles. The molecule has 2 aromatic heterocycles. The van der Waals surface area contributed by atoms with E-state index in [1.165, 1.54) is 22.7 Å². The van der Waals surface area contributed by atoms with Gasteiger partial charge in [0.2, 0.25) is 5.91 Å². The summed E-state index contributed by atoms with van der Waals surface area (Å²) in [6.07, 6.45) is 0.220. The third kappa shape index (κ3) is 5.18. The van der Waals surface area contributed by atoms with E-state index >= 15 is 0 Å². The molecule has 9 heteroatoms. The number of nitrogens with zero attached hydrogens (tertiary/aromatic N) is 3. The smallest absolute Gasteiger partial charge is 0.258 e. The van der Waals surface area contributed by atoms with Gasteiger partial charge in [0.1, 0.15) is 0 Å². The molecule has 1 aliphatic heterocycles. The van der Waals surface area contributed by atoms with E-state index in [0.29, 0.717) is 35.0 Å². The van der Waals surface area contributed by atoms with Crippen LogP contribution in [0.25, 0.3) is 0 Å². The molecule has 4 rings (SSSR count). The van der Waals surface area contributed by atoms with Crippen molar-refractivity contribution < 1.29 is 14.4 Å². The molecule has 1 fully saturated rings. The molecule has 1 aliphatic rings. The van der Waals surface area contributed by atoms with Crippen molar-refractivity contribution >= 4 is 51.1 Å². The zero-order chi connectivity index (χ0) is 21.8. The normalized spacial score (nSPS) is 13.8. The van der Waals surface area contributed by atoms with Gasteiger partial charge in [-0.3, -0.25) is 19.7 Å². The zero-order valence-electron chi connectivity index (χ0n) is 17.0. The van der Waals surface area contributed by atoms with Gasteiger partial charge in [-0.1, -0.05) is 0 Å². The van der Waals surface area contributed by atoms with Crippen molar-refractivity contribution in [2.45, 2.75) is 13.3 Å². The molecule has 1 saturated heterocycles. The van der Waals surface area contributed by atoms with Crippen molar-refractivity contribution in [2.24, 2.45) is 0 Å². The molecule has 0 spiro atoms. The number of rotatable bonds is 6. The first-order valence-electron chi connectivity index (χ1n) is 9.91. The maximum absolute atomic E-state index is 12.7. The topological polar surface area (TPSA) is 82.6 Å². The summed E-state index contributed by atoms with van der Waals surface area (Å²) >= 11 is 2.79. The lowest BCUT2D eigenvalue weighted by atomic mass is 10.1. The molecule has 0 aliphatic carbocycles. The van der Waals surface area contributed by atoms with Crippen LogP contribution in [0.5, 0.6) is 0 Å². The van der Waals surface area contributed by atoms with Gasteiger partial charge in [-0.05, 0) is 42.6 Å². The molecule has 31 heavy (non-hydrogen) atoms. The van der Waals surface area contributed by atoms with E-state index in [1.54, 1.807) is 18.4 Å². The molecule has 0 radical (unpaired) electrons. The van der Waals surface area contributed by atoms with Crippen molar-refractivity contribution in [3.63, 3.8) is 0 Å². The number of carbonyl (C=O) groups excluding carboxylic acids is 3. The van der Waals surface area contributed by atoms with Crippen LogP contribution in [0.1, 0.15) is 33.3 Å². The third-order valence-electron chi connectivity index (χ3n) is 5.16. The molecule has 160 valence electrons. The number of hydrogen-bond donors (Lipinski definition) is 1. The fourth-order valence-electron chi connectivity index (χ4n) is 3.40. The minimum atomic E-state index is -0.194. The van der Waals surface area contributed by atoms with Crippen LogP contribution in [0.2, 0.25) is 0 Å². The second-order valence-electron chi connectivity index (χ2n) is 7.26. The second kappa shape index (κ2) is 9.40. The Morgan fingerprint density at radius 1 is 1.00 bits per heavy atom. The van der Waals surface area contributed by atoms with Crippen LogP contribution in [0.3, 0.4) is 0 Å². The van der Waals surface area contributed by atoms with E-state index in [2.05, 4.69) is 15.2 Å². The lowest BCUT2D eigenvalue weighted by Gasteiger charge is -2.36. The molecular weight excluding hydrogens is 432 g/mol. The van der Waals surface area contributed by atoms with Crippen LogP contribution in [0, 0.1) is 0 Å². The number of anilines is 2. The van der Waals surface area contributed by atoms with Crippen molar-refractivity contribution in [1.82, 2.24) is 9.88 Å². The number of nitrogens with one attached hydrogen (secondary N) is 1. The minimum Gasteiger partial charge on any atom is -0.368 e. The summed E-state index contributed by atoms with van der Waals surface area (Å²) in [5.74, 6) is -0.105. The van der Waals surface area contributed by atoms with Gasteiger partial charge in [-0.2, -0.15) is 11.3 Å². The van der Waals surface area contributed by atoms with E-state index in [9.17, 15) is 14.4 Å². The number of amides is 2. The molecule has 3 heterocycles. The number of thiophene rings is 1. The van der Waals surface area contributed by atoms with Gasteiger partial charge >= 0.3 is 0 Å². The Morgan fingerprint density at radius 3 is 2.39 bits per heavy atom. The second-order valence-corrected chi connectivity index (χ2v) is 8.90. The predicted octanol–water partition coefficient (Wildman–Crippen LogP) is 3.55. The summed E-state index contributed by atoms with van der Waals surface area (Å²) in [6, 6.07) is 9.35. The molecule has 0 unspecified atom stereocenters. The largest absolute Gasteiger partial charge is 0.368 e. The van der Waals surface area contributed by atoms with E-state index in [1.807, 2.05) is 39.9 Å². The Balaban J connectivity index is 1.28. The Bertz CT molecular complexity index is 1070. The van der Waals surface area contributed by atoms with Gasteiger partial charge in [0, 0.05) is 48.2 Å². The number of thiazole rings is 1. The maximum atomic E-state index is 12.7. The molecule has 1 N–H and O–H groups in total. The number of Topliss-reactive ketones (excluding diaryl/α,β-unsaturated/α-hetero) is 1. The van der Waals surface area contributed by atoms with E-state index in [0.717, 1.165) is 18.8 Å². The van der Waals surface area contributed by atoms with Gasteiger partial charge < -0.3 is 9.80 Å². The van der Waals surface area contributed by atoms with Crippen LogP contribution in [0.4, 0.5) is 10.8 Å². The van der Waals surface area contributed by atoms with Crippen LogP contribution in [0.15, 0.2) is 46.5 Å². The SMILES string of the molecule is CC(=O)c1ccc(N2CCN(C(=O)Cc3csc(NC(=O)c4ccsc4)n3)CC2)cc1. The lowest BCUT2D eigenvalue weighted by Crippen LogP contribution is -2.49. The number of ketones is 1. The molecule has 7 nitrogen and oxygen atoms in total. The first-order valence-corrected chi connectivity index (χ1v) is 11.7. The summed E-state index contributed by atoms with van der Waals surface area (Å²) in [5, 5.41) is 8.72. The van der Waals surface area contributed by atoms with E-state index in [4.69, 9.17) is 0 Å². The summed E-state index contributed by atoms with van der Waals surface area (Å²) in [5.41, 5.74) is 3.03. The van der Waals surface area contributed by atoms with Gasteiger partial charge in [0.25, 0.3) is 5.91 Å². The standard InChI is InChI=1S/C22H22N4O3S2/c1-15(27)16-2-4-19(5-3-16)25-7-9-26(10-8-25)20(28)12-18-14-31-22(23-18)24-21(29)17-6-11-30-13-17/h2-6,11,13-14H,7-10,12H2,1H3,(H,23,24,29). The van der Waals surface area contributed by atoms with Gasteiger partial charge in [-0.25, -0.2) is 4.98 Å². The highest BCUT2D eigenvalue weighted by Gasteiger charge is 2.22. The lowest BCUT2D eigenvalue weighted by molar-refractivity contribution is -0.130. The Morgan fingerprint density at radius 2 is 1.74 bits per heavy atom. The van der Waals surface area contributed by atoms with Crippen LogP contribution < -0.4 is 10.2 Å². The van der Waals surface area contributed by atoms with E-state index < -0.39 is 0 Å². The molecular formula is C22H22N4O3S2. The number of aromatic nitrogens is 1. The quantitative estimate of drug-likeness (QED) is 0.576. The summed E-state index contributed by atoms with van der Waals surface area (Å²) in [6.45, 7) is 4.31. The fourth-order valence-corrected chi connectivity index (χ4v) is 4.74. The average molecular weight is 455 g/mol. The highest BCUT2D eigenvalue weighted by atomic mass is 32.1. The highest BCUT2D eigenvalue weighted by Crippen LogP contribution is 2.20. The summed E-state index contributed by atoms with van der Waals surface area (Å²) < 4.78 is 0. The van der Waals surface area contributed by atoms with Crippen molar-refractivity contribution in [3.8, 4) is 0 Å². The first kappa shape index (κ1) is 21.2. The maximum Gasteiger partial charge on any atom is 0.258 e.